The van der Waals surface area contributed by atoms with Gasteiger partial charge in [-0.15, -0.1) is 0 Å². The quantitative estimate of drug-likeness (QED) is 0.383. The first-order valence-corrected chi connectivity index (χ1v) is 10.5. The molecule has 0 heterocycles. The molecule has 2 aromatic rings. The smallest absolute Gasteiger partial charge is 0.386 e. The van der Waals surface area contributed by atoms with E-state index in [1.165, 1.54) is 19.1 Å². The van der Waals surface area contributed by atoms with E-state index in [1.54, 1.807) is 6.92 Å². The van der Waals surface area contributed by atoms with Crippen LogP contribution in [-0.4, -0.2) is 25.2 Å². The van der Waals surface area contributed by atoms with Gasteiger partial charge in [-0.05, 0) is 62.4 Å². The van der Waals surface area contributed by atoms with Crippen molar-refractivity contribution in [2.24, 2.45) is 0 Å². The van der Waals surface area contributed by atoms with Gasteiger partial charge in [0.25, 0.3) is 5.92 Å². The molecular formula is C23H23F7O3. The van der Waals surface area contributed by atoms with E-state index in [4.69, 9.17) is 9.47 Å². The van der Waals surface area contributed by atoms with Crippen molar-refractivity contribution >= 4 is 0 Å². The van der Waals surface area contributed by atoms with Gasteiger partial charge in [-0.2, -0.15) is 13.2 Å². The van der Waals surface area contributed by atoms with Crippen LogP contribution in [-0.2, 0) is 10.8 Å². The van der Waals surface area contributed by atoms with Crippen LogP contribution in [0.1, 0.15) is 50.2 Å². The molecule has 0 spiro atoms. The Labute approximate surface area is 186 Å². The summed E-state index contributed by atoms with van der Waals surface area (Å²) in [4.78, 5) is 0. The Bertz CT molecular complexity index is 981. The van der Waals surface area contributed by atoms with E-state index < -0.39 is 65.7 Å². The molecule has 2 aromatic carbocycles. The third-order valence-electron chi connectivity index (χ3n) is 5.44. The van der Waals surface area contributed by atoms with Crippen molar-refractivity contribution < 1.29 is 44.9 Å². The first kappa shape index (κ1) is 25.1. The molecule has 2 atom stereocenters. The summed E-state index contributed by atoms with van der Waals surface area (Å²) in [5, 5.41) is 0. The number of halogens is 7. The molecule has 0 amide bonds. The highest BCUT2D eigenvalue weighted by atomic mass is 19.3. The van der Waals surface area contributed by atoms with Crippen molar-refractivity contribution in [2.75, 3.05) is 13.2 Å². The second-order valence-corrected chi connectivity index (χ2v) is 7.66. The normalized spacial score (nSPS) is 20.5. The van der Waals surface area contributed by atoms with Crippen LogP contribution in [0, 0.1) is 17.5 Å². The minimum absolute atomic E-state index is 0.00385. The summed E-state index contributed by atoms with van der Waals surface area (Å²) in [6, 6.07) is 5.18. The van der Waals surface area contributed by atoms with Crippen LogP contribution in [0.2, 0.25) is 0 Å². The molecule has 2 unspecified atom stereocenters. The van der Waals surface area contributed by atoms with Gasteiger partial charge in [-0.3, -0.25) is 0 Å². The number of rotatable bonds is 8. The van der Waals surface area contributed by atoms with E-state index in [9.17, 15) is 30.7 Å². The minimum atomic E-state index is -4.51. The summed E-state index contributed by atoms with van der Waals surface area (Å²) < 4.78 is 115. The first-order valence-electron chi connectivity index (χ1n) is 10.5. The summed E-state index contributed by atoms with van der Waals surface area (Å²) in [5.74, 6) is -9.44. The fourth-order valence-corrected chi connectivity index (χ4v) is 3.86. The molecule has 3 rings (SSSR count). The highest BCUT2D eigenvalue weighted by Crippen LogP contribution is 2.47. The van der Waals surface area contributed by atoms with Crippen molar-refractivity contribution in [1.82, 2.24) is 0 Å². The standard InChI is InChI=1S/C23H23F7O3/c1-3-31-17-8-5-13(11-16(17)24)14-6-10-19(22(27,28)12-14)33-23(29,30)15-7-9-18(32-4-2)21(26)20(15)25/h5,7-9,11,14,19H,3-4,6,10,12H2,1-2H3. The lowest BCUT2D eigenvalue weighted by Crippen LogP contribution is -2.44. The van der Waals surface area contributed by atoms with Gasteiger partial charge in [0.2, 0.25) is 5.82 Å². The molecule has 3 nitrogen and oxygen atoms in total. The molecule has 0 N–H and O–H groups in total. The van der Waals surface area contributed by atoms with E-state index >= 15 is 0 Å². The molecule has 0 radical (unpaired) electrons. The van der Waals surface area contributed by atoms with Crippen molar-refractivity contribution in [2.45, 2.75) is 57.2 Å². The Morgan fingerprint density at radius 2 is 1.55 bits per heavy atom. The molecule has 0 bridgehead atoms. The van der Waals surface area contributed by atoms with Crippen LogP contribution in [0.5, 0.6) is 11.5 Å². The van der Waals surface area contributed by atoms with Gasteiger partial charge in [-0.25, -0.2) is 17.6 Å². The molecule has 182 valence electrons. The zero-order valence-electron chi connectivity index (χ0n) is 17.9. The predicted molar refractivity (Wildman–Crippen MR) is 105 cm³/mol. The zero-order valence-corrected chi connectivity index (χ0v) is 17.9. The molecule has 1 aliphatic carbocycles. The molecule has 33 heavy (non-hydrogen) atoms. The van der Waals surface area contributed by atoms with E-state index in [0.29, 0.717) is 6.07 Å². The largest absolute Gasteiger partial charge is 0.491 e. The van der Waals surface area contributed by atoms with E-state index in [0.717, 1.165) is 12.1 Å². The van der Waals surface area contributed by atoms with E-state index in [2.05, 4.69) is 4.74 Å². The molecule has 0 aliphatic heterocycles. The average Bonchev–Trinajstić information content (AvgIpc) is 2.74. The third-order valence-corrected chi connectivity index (χ3v) is 5.44. The van der Waals surface area contributed by atoms with Gasteiger partial charge in [0.1, 0.15) is 6.10 Å². The second kappa shape index (κ2) is 9.79. The van der Waals surface area contributed by atoms with Crippen molar-refractivity contribution in [3.63, 3.8) is 0 Å². The Balaban J connectivity index is 1.76. The van der Waals surface area contributed by atoms with Gasteiger partial charge in [-0.1, -0.05) is 6.07 Å². The van der Waals surface area contributed by atoms with Gasteiger partial charge in [0.15, 0.2) is 23.1 Å². The highest BCUT2D eigenvalue weighted by molar-refractivity contribution is 5.33. The molecular weight excluding hydrogens is 457 g/mol. The van der Waals surface area contributed by atoms with Crippen molar-refractivity contribution in [3.05, 3.63) is 58.9 Å². The van der Waals surface area contributed by atoms with E-state index in [1.807, 2.05) is 0 Å². The molecule has 10 heteroatoms. The van der Waals surface area contributed by atoms with Gasteiger partial charge >= 0.3 is 6.11 Å². The second-order valence-electron chi connectivity index (χ2n) is 7.66. The Hall–Kier alpha value is -2.49. The van der Waals surface area contributed by atoms with Crippen LogP contribution < -0.4 is 9.47 Å². The van der Waals surface area contributed by atoms with E-state index in [-0.39, 0.29) is 30.9 Å². The molecule has 1 saturated carbocycles. The maximum Gasteiger partial charge on any atom is 0.386 e. The maximum atomic E-state index is 14.7. The number of alkyl halides is 4. The lowest BCUT2D eigenvalue weighted by Gasteiger charge is -2.37. The van der Waals surface area contributed by atoms with Gasteiger partial charge in [0, 0.05) is 6.42 Å². The van der Waals surface area contributed by atoms with Crippen LogP contribution in [0.3, 0.4) is 0 Å². The van der Waals surface area contributed by atoms with Crippen LogP contribution >= 0.6 is 0 Å². The molecule has 1 fully saturated rings. The number of hydrogen-bond acceptors (Lipinski definition) is 3. The fourth-order valence-electron chi connectivity index (χ4n) is 3.86. The van der Waals surface area contributed by atoms with Crippen LogP contribution in [0.25, 0.3) is 0 Å². The summed E-state index contributed by atoms with van der Waals surface area (Å²) in [6.07, 6.45) is -8.12. The highest BCUT2D eigenvalue weighted by Gasteiger charge is 2.52. The van der Waals surface area contributed by atoms with Gasteiger partial charge < -0.3 is 14.2 Å². The number of benzene rings is 2. The first-order chi connectivity index (χ1) is 15.5. The zero-order chi connectivity index (χ0) is 24.4. The average molecular weight is 480 g/mol. The number of hydrogen-bond donors (Lipinski definition) is 0. The summed E-state index contributed by atoms with van der Waals surface area (Å²) in [5.41, 5.74) is -1.23. The Morgan fingerprint density at radius 1 is 0.909 bits per heavy atom. The molecule has 0 saturated heterocycles. The maximum absolute atomic E-state index is 14.7. The minimum Gasteiger partial charge on any atom is -0.491 e. The summed E-state index contributed by atoms with van der Waals surface area (Å²) >= 11 is 0. The van der Waals surface area contributed by atoms with Crippen LogP contribution in [0.15, 0.2) is 30.3 Å². The van der Waals surface area contributed by atoms with Crippen molar-refractivity contribution in [1.29, 1.82) is 0 Å². The molecule has 0 aromatic heterocycles. The lowest BCUT2D eigenvalue weighted by molar-refractivity contribution is -0.316. The molecule has 1 aliphatic rings. The SMILES string of the molecule is CCOc1ccc(C2CCC(OC(F)(F)c3ccc(OCC)c(F)c3F)C(F)(F)C2)cc1F. The number of ether oxygens (including phenoxy) is 3. The lowest BCUT2D eigenvalue weighted by atomic mass is 9.80. The fraction of sp³-hybridized carbons (Fsp3) is 0.478. The summed E-state index contributed by atoms with van der Waals surface area (Å²) in [6.45, 7) is 3.35. The van der Waals surface area contributed by atoms with Crippen molar-refractivity contribution in [3.8, 4) is 11.5 Å². The van der Waals surface area contributed by atoms with Crippen LogP contribution in [0.4, 0.5) is 30.7 Å². The Morgan fingerprint density at radius 3 is 2.15 bits per heavy atom. The predicted octanol–water partition coefficient (Wildman–Crippen LogP) is 6.94. The monoisotopic (exact) mass is 480 g/mol. The topological polar surface area (TPSA) is 27.7 Å². The third kappa shape index (κ3) is 5.37. The van der Waals surface area contributed by atoms with Gasteiger partial charge in [0.05, 0.1) is 18.8 Å². The Kier molecular flexibility index (Phi) is 7.45. The summed E-state index contributed by atoms with van der Waals surface area (Å²) in [7, 11) is 0.